The number of hydrogen-bond acceptors (Lipinski definition) is 5. The first-order chi connectivity index (χ1) is 12.5. The molecule has 9 heteroatoms. The SMILES string of the molecule is Cn1cnnc1S[C@H](CNS(=O)(=O)c1ccc(Cl)cc1)c1ccccc1. The van der Waals surface area contributed by atoms with E-state index in [-0.39, 0.29) is 16.7 Å². The Morgan fingerprint density at radius 2 is 1.85 bits per heavy atom. The molecule has 1 aromatic heterocycles. The lowest BCUT2D eigenvalue weighted by Gasteiger charge is -2.17. The van der Waals surface area contributed by atoms with Crippen LogP contribution in [0.3, 0.4) is 0 Å². The summed E-state index contributed by atoms with van der Waals surface area (Å²) in [6.07, 6.45) is 1.61. The van der Waals surface area contributed by atoms with Gasteiger partial charge in [-0.3, -0.25) is 0 Å². The predicted octanol–water partition coefficient (Wildman–Crippen LogP) is 3.28. The largest absolute Gasteiger partial charge is 0.312 e. The van der Waals surface area contributed by atoms with Crippen molar-refractivity contribution in [3.8, 4) is 0 Å². The number of aryl methyl sites for hydroxylation is 1. The Morgan fingerprint density at radius 1 is 1.15 bits per heavy atom. The minimum Gasteiger partial charge on any atom is -0.312 e. The third-order valence-electron chi connectivity index (χ3n) is 3.67. The van der Waals surface area contributed by atoms with Crippen LogP contribution >= 0.6 is 23.4 Å². The molecule has 0 radical (unpaired) electrons. The number of halogens is 1. The van der Waals surface area contributed by atoms with Gasteiger partial charge in [0.1, 0.15) is 6.33 Å². The Labute approximate surface area is 161 Å². The number of nitrogens with zero attached hydrogens (tertiary/aromatic N) is 3. The van der Waals surface area contributed by atoms with Crippen molar-refractivity contribution >= 4 is 33.4 Å². The van der Waals surface area contributed by atoms with E-state index in [0.29, 0.717) is 10.2 Å². The molecule has 26 heavy (non-hydrogen) atoms. The molecule has 6 nitrogen and oxygen atoms in total. The summed E-state index contributed by atoms with van der Waals surface area (Å²) in [6, 6.07) is 15.8. The quantitative estimate of drug-likeness (QED) is 0.607. The minimum atomic E-state index is -3.63. The smallest absolute Gasteiger partial charge is 0.240 e. The van der Waals surface area contributed by atoms with Gasteiger partial charge in [-0.25, -0.2) is 13.1 Å². The number of hydrogen-bond donors (Lipinski definition) is 1. The summed E-state index contributed by atoms with van der Waals surface area (Å²) >= 11 is 7.28. The summed E-state index contributed by atoms with van der Waals surface area (Å²) in [4.78, 5) is 0.178. The molecule has 136 valence electrons. The number of rotatable bonds is 7. The van der Waals surface area contributed by atoms with Gasteiger partial charge in [-0.15, -0.1) is 10.2 Å². The average Bonchev–Trinajstić information content (AvgIpc) is 3.04. The number of nitrogens with one attached hydrogen (secondary N) is 1. The molecule has 2 aromatic carbocycles. The van der Waals surface area contributed by atoms with Crippen molar-refractivity contribution in [3.63, 3.8) is 0 Å². The van der Waals surface area contributed by atoms with Crippen LogP contribution in [-0.2, 0) is 17.1 Å². The standard InChI is InChI=1S/C17H17ClN4O2S2/c1-22-12-19-21-17(22)25-16(13-5-3-2-4-6-13)11-20-26(23,24)15-9-7-14(18)8-10-15/h2-10,12,16,20H,11H2,1H3/t16-/m1/s1. The van der Waals surface area contributed by atoms with Gasteiger partial charge in [-0.1, -0.05) is 53.7 Å². The zero-order chi connectivity index (χ0) is 18.6. The Balaban J connectivity index is 1.79. The first-order valence-corrected chi connectivity index (χ1v) is 10.5. The topological polar surface area (TPSA) is 76.9 Å². The fraction of sp³-hybridized carbons (Fsp3) is 0.176. The second kappa shape index (κ2) is 8.22. The Bertz CT molecular complexity index is 960. The lowest BCUT2D eigenvalue weighted by Crippen LogP contribution is -2.27. The van der Waals surface area contributed by atoms with Crippen LogP contribution in [-0.4, -0.2) is 29.7 Å². The molecule has 3 rings (SSSR count). The molecular weight excluding hydrogens is 392 g/mol. The van der Waals surface area contributed by atoms with E-state index >= 15 is 0 Å². The van der Waals surface area contributed by atoms with Crippen LogP contribution in [0.4, 0.5) is 0 Å². The molecule has 0 saturated heterocycles. The van der Waals surface area contributed by atoms with E-state index in [4.69, 9.17) is 11.6 Å². The first-order valence-electron chi connectivity index (χ1n) is 7.76. The van der Waals surface area contributed by atoms with E-state index in [1.165, 1.54) is 23.9 Å². The van der Waals surface area contributed by atoms with Crippen LogP contribution in [0.25, 0.3) is 0 Å². The predicted molar refractivity (Wildman–Crippen MR) is 103 cm³/mol. The van der Waals surface area contributed by atoms with Crippen LogP contribution in [0, 0.1) is 0 Å². The highest BCUT2D eigenvalue weighted by Gasteiger charge is 2.20. The summed E-state index contributed by atoms with van der Waals surface area (Å²) in [5, 5.41) is 9.00. The second-order valence-corrected chi connectivity index (χ2v) is 8.92. The molecule has 1 N–H and O–H groups in total. The van der Waals surface area contributed by atoms with Gasteiger partial charge in [0.25, 0.3) is 0 Å². The molecule has 0 aliphatic rings. The van der Waals surface area contributed by atoms with Crippen molar-refractivity contribution in [1.82, 2.24) is 19.5 Å². The number of sulfonamides is 1. The third-order valence-corrected chi connectivity index (χ3v) is 6.67. The molecule has 0 aliphatic heterocycles. The van der Waals surface area contributed by atoms with E-state index in [1.807, 2.05) is 37.4 Å². The summed E-state index contributed by atoms with van der Waals surface area (Å²) in [5.41, 5.74) is 0.999. The van der Waals surface area contributed by atoms with Crippen LogP contribution in [0.2, 0.25) is 5.02 Å². The van der Waals surface area contributed by atoms with Crippen molar-refractivity contribution in [2.75, 3.05) is 6.54 Å². The molecule has 0 fully saturated rings. The maximum Gasteiger partial charge on any atom is 0.240 e. The maximum absolute atomic E-state index is 12.6. The fourth-order valence-corrected chi connectivity index (χ4v) is 4.58. The van der Waals surface area contributed by atoms with Crippen molar-refractivity contribution in [1.29, 1.82) is 0 Å². The van der Waals surface area contributed by atoms with Gasteiger partial charge in [0.15, 0.2) is 5.16 Å². The molecule has 0 unspecified atom stereocenters. The molecule has 0 saturated carbocycles. The van der Waals surface area contributed by atoms with Gasteiger partial charge in [-0.05, 0) is 29.8 Å². The molecule has 1 atom stereocenters. The number of aromatic nitrogens is 3. The fourth-order valence-electron chi connectivity index (χ4n) is 2.28. The van der Waals surface area contributed by atoms with Crippen molar-refractivity contribution in [2.24, 2.45) is 7.05 Å². The number of thioether (sulfide) groups is 1. The van der Waals surface area contributed by atoms with Crippen molar-refractivity contribution < 1.29 is 8.42 Å². The molecule has 3 aromatic rings. The lowest BCUT2D eigenvalue weighted by atomic mass is 10.1. The highest BCUT2D eigenvalue weighted by atomic mass is 35.5. The van der Waals surface area contributed by atoms with Crippen LogP contribution in [0.5, 0.6) is 0 Å². The Kier molecular flexibility index (Phi) is 5.98. The van der Waals surface area contributed by atoms with E-state index < -0.39 is 10.0 Å². The molecule has 0 aliphatic carbocycles. The van der Waals surface area contributed by atoms with Crippen molar-refractivity contribution in [3.05, 3.63) is 71.5 Å². The van der Waals surface area contributed by atoms with Crippen LogP contribution < -0.4 is 4.72 Å². The third kappa shape index (κ3) is 4.64. The zero-order valence-corrected chi connectivity index (χ0v) is 16.3. The molecule has 0 amide bonds. The van der Waals surface area contributed by atoms with Crippen molar-refractivity contribution in [2.45, 2.75) is 15.3 Å². The van der Waals surface area contributed by atoms with Gasteiger partial charge in [0.05, 0.1) is 10.1 Å². The Morgan fingerprint density at radius 3 is 2.46 bits per heavy atom. The summed E-state index contributed by atoms with van der Waals surface area (Å²) in [5.74, 6) is 0. The molecule has 0 spiro atoms. The number of benzene rings is 2. The summed E-state index contributed by atoms with van der Waals surface area (Å²) in [7, 11) is -1.78. The van der Waals surface area contributed by atoms with E-state index in [9.17, 15) is 8.42 Å². The normalized spacial score (nSPS) is 12.8. The molecule has 1 heterocycles. The minimum absolute atomic E-state index is 0.152. The molecular formula is C17H17ClN4O2S2. The monoisotopic (exact) mass is 408 g/mol. The van der Waals surface area contributed by atoms with E-state index in [2.05, 4.69) is 14.9 Å². The van der Waals surface area contributed by atoms with E-state index in [0.717, 1.165) is 5.56 Å². The molecule has 0 bridgehead atoms. The summed E-state index contributed by atoms with van der Waals surface area (Å²) in [6.45, 7) is 0.215. The average molecular weight is 409 g/mol. The maximum atomic E-state index is 12.6. The highest BCUT2D eigenvalue weighted by Crippen LogP contribution is 2.33. The van der Waals surface area contributed by atoms with Gasteiger partial charge in [0, 0.05) is 18.6 Å². The first kappa shape index (κ1) is 18.9. The van der Waals surface area contributed by atoms with Gasteiger partial charge in [0.2, 0.25) is 10.0 Å². The van der Waals surface area contributed by atoms with Crippen LogP contribution in [0.1, 0.15) is 10.8 Å². The second-order valence-electron chi connectivity index (χ2n) is 5.55. The van der Waals surface area contributed by atoms with Gasteiger partial charge in [-0.2, -0.15) is 0 Å². The van der Waals surface area contributed by atoms with Gasteiger partial charge < -0.3 is 4.57 Å². The Hall–Kier alpha value is -1.87. The van der Waals surface area contributed by atoms with Crippen LogP contribution in [0.15, 0.2) is 71.0 Å². The van der Waals surface area contributed by atoms with E-state index in [1.54, 1.807) is 23.0 Å². The lowest BCUT2D eigenvalue weighted by molar-refractivity contribution is 0.581. The zero-order valence-electron chi connectivity index (χ0n) is 13.9. The summed E-state index contributed by atoms with van der Waals surface area (Å²) < 4.78 is 29.6. The van der Waals surface area contributed by atoms with Gasteiger partial charge >= 0.3 is 0 Å². The highest BCUT2D eigenvalue weighted by molar-refractivity contribution is 7.99.